The zero-order valence-corrected chi connectivity index (χ0v) is 11.7. The van der Waals surface area contributed by atoms with Crippen LogP contribution in [0.3, 0.4) is 0 Å². The van der Waals surface area contributed by atoms with Crippen molar-refractivity contribution in [1.82, 2.24) is 5.32 Å². The zero-order chi connectivity index (χ0) is 14.7. The maximum Gasteiger partial charge on any atom is 0.288 e. The van der Waals surface area contributed by atoms with Crippen LogP contribution in [0.4, 0.5) is 5.69 Å². The number of nitro benzene ring substituents is 1. The van der Waals surface area contributed by atoms with Crippen LogP contribution in [0, 0.1) is 10.1 Å². The Hall–Kier alpha value is -1.66. The lowest BCUT2D eigenvalue weighted by atomic mass is 10.1. The monoisotopic (exact) mass is 298 g/mol. The molecule has 1 aliphatic carbocycles. The van der Waals surface area contributed by atoms with Crippen LogP contribution in [0.25, 0.3) is 0 Å². The Morgan fingerprint density at radius 1 is 1.50 bits per heavy atom. The van der Waals surface area contributed by atoms with E-state index >= 15 is 0 Å². The van der Waals surface area contributed by atoms with Gasteiger partial charge in [-0.15, -0.1) is 0 Å². The number of methoxy groups -OCH3 is 1. The van der Waals surface area contributed by atoms with Gasteiger partial charge in [-0.05, 0) is 31.4 Å². The van der Waals surface area contributed by atoms with Crippen molar-refractivity contribution in [3.8, 4) is 0 Å². The van der Waals surface area contributed by atoms with Crippen molar-refractivity contribution in [1.29, 1.82) is 0 Å². The number of carbonyl (C=O) groups is 1. The summed E-state index contributed by atoms with van der Waals surface area (Å²) in [5.74, 6) is -0.327. The van der Waals surface area contributed by atoms with Gasteiger partial charge in [0.2, 0.25) is 0 Å². The lowest BCUT2D eigenvalue weighted by Gasteiger charge is -2.13. The fourth-order valence-electron chi connectivity index (χ4n) is 2.35. The van der Waals surface area contributed by atoms with E-state index in [1.54, 1.807) is 7.11 Å². The lowest BCUT2D eigenvalue weighted by molar-refractivity contribution is -0.384. The summed E-state index contributed by atoms with van der Waals surface area (Å²) in [7, 11) is 1.65. The van der Waals surface area contributed by atoms with Crippen LogP contribution in [-0.4, -0.2) is 30.1 Å². The number of nitro groups is 1. The largest absolute Gasteiger partial charge is 0.381 e. The molecule has 20 heavy (non-hydrogen) atoms. The highest BCUT2D eigenvalue weighted by molar-refractivity contribution is 6.32. The summed E-state index contributed by atoms with van der Waals surface area (Å²) >= 11 is 5.71. The molecule has 0 aliphatic heterocycles. The number of ether oxygens (including phenoxy) is 1. The number of nitrogens with zero attached hydrogens (tertiary/aromatic N) is 1. The fraction of sp³-hybridized carbons (Fsp3) is 0.462. The normalized spacial score (nSPS) is 21.7. The standard InChI is InChI=1S/C13H15ClN2O4/c1-20-10-4-3-9(7-10)15-13(17)8-2-5-11(14)12(6-8)16(18)19/h2,5-6,9-10H,3-4,7H2,1H3,(H,15,17). The first kappa shape index (κ1) is 14.7. The van der Waals surface area contributed by atoms with Crippen LogP contribution in [0.5, 0.6) is 0 Å². The molecule has 108 valence electrons. The second-order valence-electron chi connectivity index (χ2n) is 4.76. The average molecular weight is 299 g/mol. The smallest absolute Gasteiger partial charge is 0.288 e. The number of rotatable bonds is 4. The van der Waals surface area contributed by atoms with Gasteiger partial charge in [-0.25, -0.2) is 0 Å². The summed E-state index contributed by atoms with van der Waals surface area (Å²) in [4.78, 5) is 22.3. The van der Waals surface area contributed by atoms with Crippen molar-refractivity contribution < 1.29 is 14.5 Å². The van der Waals surface area contributed by atoms with Crippen LogP contribution in [-0.2, 0) is 4.74 Å². The van der Waals surface area contributed by atoms with Gasteiger partial charge in [0.25, 0.3) is 11.6 Å². The highest BCUT2D eigenvalue weighted by Crippen LogP contribution is 2.26. The van der Waals surface area contributed by atoms with Gasteiger partial charge in [-0.2, -0.15) is 0 Å². The number of hydrogen-bond donors (Lipinski definition) is 1. The molecule has 1 saturated carbocycles. The molecule has 0 heterocycles. The Kier molecular flexibility index (Phi) is 4.57. The van der Waals surface area contributed by atoms with Gasteiger partial charge in [-0.3, -0.25) is 14.9 Å². The number of amides is 1. The van der Waals surface area contributed by atoms with Crippen molar-refractivity contribution in [3.63, 3.8) is 0 Å². The van der Waals surface area contributed by atoms with E-state index in [4.69, 9.17) is 16.3 Å². The Morgan fingerprint density at radius 3 is 2.85 bits per heavy atom. The van der Waals surface area contributed by atoms with E-state index in [1.165, 1.54) is 18.2 Å². The highest BCUT2D eigenvalue weighted by atomic mass is 35.5. The molecule has 0 saturated heterocycles. The van der Waals surface area contributed by atoms with E-state index in [9.17, 15) is 14.9 Å². The fourth-order valence-corrected chi connectivity index (χ4v) is 2.53. The maximum absolute atomic E-state index is 12.1. The molecule has 1 aromatic carbocycles. The van der Waals surface area contributed by atoms with E-state index in [-0.39, 0.29) is 34.3 Å². The molecular formula is C13H15ClN2O4. The SMILES string of the molecule is COC1CCC(NC(=O)c2ccc(Cl)c([N+](=O)[O-])c2)C1. The molecule has 0 aromatic heterocycles. The number of hydrogen-bond acceptors (Lipinski definition) is 4. The van der Waals surface area contributed by atoms with E-state index in [2.05, 4.69) is 5.32 Å². The summed E-state index contributed by atoms with van der Waals surface area (Å²) in [6, 6.07) is 4.08. The summed E-state index contributed by atoms with van der Waals surface area (Å²) in [6.45, 7) is 0. The van der Waals surface area contributed by atoms with Crippen LogP contribution in [0.15, 0.2) is 18.2 Å². The van der Waals surface area contributed by atoms with Crippen molar-refractivity contribution in [2.45, 2.75) is 31.4 Å². The Labute approximate surface area is 121 Å². The van der Waals surface area contributed by atoms with Crippen LogP contribution in [0.1, 0.15) is 29.6 Å². The molecule has 0 spiro atoms. The maximum atomic E-state index is 12.1. The van der Waals surface area contributed by atoms with Crippen molar-refractivity contribution in [2.24, 2.45) is 0 Å². The predicted molar refractivity (Wildman–Crippen MR) is 74.0 cm³/mol. The molecule has 7 heteroatoms. The molecule has 2 rings (SSSR count). The lowest BCUT2D eigenvalue weighted by Crippen LogP contribution is -2.33. The van der Waals surface area contributed by atoms with Gasteiger partial charge >= 0.3 is 0 Å². The first-order valence-corrected chi connectivity index (χ1v) is 6.66. The van der Waals surface area contributed by atoms with Gasteiger partial charge in [0, 0.05) is 24.8 Å². The quantitative estimate of drug-likeness (QED) is 0.684. The molecular weight excluding hydrogens is 284 g/mol. The molecule has 0 bridgehead atoms. The third-order valence-electron chi connectivity index (χ3n) is 3.46. The molecule has 2 unspecified atom stereocenters. The minimum Gasteiger partial charge on any atom is -0.381 e. The van der Waals surface area contributed by atoms with Crippen molar-refractivity contribution in [3.05, 3.63) is 38.9 Å². The van der Waals surface area contributed by atoms with Gasteiger partial charge < -0.3 is 10.1 Å². The molecule has 1 fully saturated rings. The summed E-state index contributed by atoms with van der Waals surface area (Å²) in [6.07, 6.45) is 2.68. The molecule has 1 aromatic rings. The van der Waals surface area contributed by atoms with E-state index in [0.29, 0.717) is 0 Å². The molecule has 2 atom stereocenters. The Morgan fingerprint density at radius 2 is 2.25 bits per heavy atom. The first-order chi connectivity index (χ1) is 9.51. The third-order valence-corrected chi connectivity index (χ3v) is 3.78. The summed E-state index contributed by atoms with van der Waals surface area (Å²) in [5, 5.41) is 13.7. The molecule has 1 N–H and O–H groups in total. The van der Waals surface area contributed by atoms with E-state index < -0.39 is 4.92 Å². The minimum absolute atomic E-state index is 0.0202. The molecule has 1 aliphatic rings. The third kappa shape index (κ3) is 3.26. The number of halogens is 1. The van der Waals surface area contributed by atoms with Crippen molar-refractivity contribution >= 4 is 23.2 Å². The van der Waals surface area contributed by atoms with Crippen LogP contribution in [0.2, 0.25) is 5.02 Å². The summed E-state index contributed by atoms with van der Waals surface area (Å²) < 4.78 is 5.24. The topological polar surface area (TPSA) is 81.5 Å². The van der Waals surface area contributed by atoms with E-state index in [1.807, 2.05) is 0 Å². The van der Waals surface area contributed by atoms with Gasteiger partial charge in [0.1, 0.15) is 5.02 Å². The number of benzene rings is 1. The van der Waals surface area contributed by atoms with Gasteiger partial charge in [-0.1, -0.05) is 11.6 Å². The van der Waals surface area contributed by atoms with Crippen LogP contribution >= 0.6 is 11.6 Å². The zero-order valence-electron chi connectivity index (χ0n) is 11.0. The molecule has 0 radical (unpaired) electrons. The number of nitrogens with one attached hydrogen (secondary N) is 1. The predicted octanol–water partition coefficient (Wildman–Crippen LogP) is 2.55. The first-order valence-electron chi connectivity index (χ1n) is 6.29. The minimum atomic E-state index is -0.602. The summed E-state index contributed by atoms with van der Waals surface area (Å²) in [5.41, 5.74) is -0.0255. The highest BCUT2D eigenvalue weighted by Gasteiger charge is 2.26. The second-order valence-corrected chi connectivity index (χ2v) is 5.17. The van der Waals surface area contributed by atoms with E-state index in [0.717, 1.165) is 19.3 Å². The molecule has 6 nitrogen and oxygen atoms in total. The van der Waals surface area contributed by atoms with Crippen LogP contribution < -0.4 is 5.32 Å². The molecule has 1 amide bonds. The number of carbonyl (C=O) groups excluding carboxylic acids is 1. The average Bonchev–Trinajstić information content (AvgIpc) is 2.86. The van der Waals surface area contributed by atoms with Gasteiger partial charge in [0.05, 0.1) is 11.0 Å². The van der Waals surface area contributed by atoms with Crippen molar-refractivity contribution in [2.75, 3.05) is 7.11 Å². The second kappa shape index (κ2) is 6.19. The van der Waals surface area contributed by atoms with Gasteiger partial charge in [0.15, 0.2) is 0 Å². The Bertz CT molecular complexity index is 535. The Balaban J connectivity index is 2.06.